The van der Waals surface area contributed by atoms with Crippen molar-refractivity contribution in [3.05, 3.63) is 35.2 Å². The number of rotatable bonds is 2. The Hall–Kier alpha value is -1.73. The number of halogens is 1. The Morgan fingerprint density at radius 3 is 2.95 bits per heavy atom. The lowest BCUT2D eigenvalue weighted by atomic mass is 10.2. The second kappa shape index (κ2) is 4.75. The zero-order valence-corrected chi connectivity index (χ0v) is 11.6. The van der Waals surface area contributed by atoms with E-state index in [0.717, 1.165) is 10.4 Å². The fourth-order valence-electron chi connectivity index (χ4n) is 1.72. The van der Waals surface area contributed by atoms with Gasteiger partial charge in [-0.3, -0.25) is 4.98 Å². The third-order valence-corrected chi connectivity index (χ3v) is 4.51. The van der Waals surface area contributed by atoms with Crippen molar-refractivity contribution in [2.75, 3.05) is 5.73 Å². The topological polar surface area (TPSA) is 64.7 Å². The first-order valence-electron chi connectivity index (χ1n) is 5.46. The fourth-order valence-corrected chi connectivity index (χ4v) is 3.58. The van der Waals surface area contributed by atoms with Crippen molar-refractivity contribution in [2.45, 2.75) is 16.2 Å². The average Bonchev–Trinajstić information content (AvgIpc) is 2.80. The Kier molecular flexibility index (Phi) is 3.08. The van der Waals surface area contributed by atoms with Gasteiger partial charge in [-0.15, -0.1) is 10.2 Å². The minimum Gasteiger partial charge on any atom is -0.398 e. The molecule has 0 amide bonds. The van der Waals surface area contributed by atoms with Crippen LogP contribution in [0.5, 0.6) is 0 Å². The van der Waals surface area contributed by atoms with E-state index in [-0.39, 0.29) is 5.82 Å². The predicted molar refractivity (Wildman–Crippen MR) is 74.9 cm³/mol. The number of nitrogens with two attached hydrogens (primary N) is 1. The van der Waals surface area contributed by atoms with E-state index < -0.39 is 0 Å². The van der Waals surface area contributed by atoms with Gasteiger partial charge in [-0.25, -0.2) is 4.39 Å². The van der Waals surface area contributed by atoms with Crippen LogP contribution in [-0.2, 0) is 0 Å². The highest BCUT2D eigenvalue weighted by atomic mass is 32.2. The molecule has 0 bridgehead atoms. The number of hydrogen-bond acceptors (Lipinski definition) is 6. The second-order valence-electron chi connectivity index (χ2n) is 3.87. The highest BCUT2D eigenvalue weighted by Gasteiger charge is 2.15. The number of nitrogen functional groups attached to an aromatic ring is 1. The molecular weight excluding hydrogens is 283 g/mol. The predicted octanol–water partition coefficient (Wildman–Crippen LogP) is 3.27. The average molecular weight is 292 g/mol. The van der Waals surface area contributed by atoms with Gasteiger partial charge in [0.1, 0.15) is 10.8 Å². The van der Waals surface area contributed by atoms with E-state index in [4.69, 9.17) is 5.73 Å². The molecule has 0 spiro atoms. The maximum Gasteiger partial charge on any atom is 0.179 e. The van der Waals surface area contributed by atoms with Crippen molar-refractivity contribution in [3.63, 3.8) is 0 Å². The molecule has 0 aliphatic carbocycles. The Balaban J connectivity index is 2.17. The van der Waals surface area contributed by atoms with Gasteiger partial charge in [0.05, 0.1) is 10.4 Å². The van der Waals surface area contributed by atoms with Gasteiger partial charge in [0.2, 0.25) is 0 Å². The van der Waals surface area contributed by atoms with Crippen molar-refractivity contribution < 1.29 is 4.39 Å². The van der Waals surface area contributed by atoms with Crippen LogP contribution in [0.2, 0.25) is 0 Å². The lowest BCUT2D eigenvalue weighted by molar-refractivity contribution is 0.605. The summed E-state index contributed by atoms with van der Waals surface area (Å²) in [7, 11) is 0. The van der Waals surface area contributed by atoms with Crippen LogP contribution in [0.25, 0.3) is 10.9 Å². The summed E-state index contributed by atoms with van der Waals surface area (Å²) in [4.78, 5) is 4.65. The quantitative estimate of drug-likeness (QED) is 0.734. The summed E-state index contributed by atoms with van der Waals surface area (Å²) in [6.07, 6.45) is 1.62. The molecule has 4 nitrogen and oxygen atoms in total. The molecule has 0 radical (unpaired) electrons. The van der Waals surface area contributed by atoms with Gasteiger partial charge < -0.3 is 5.73 Å². The van der Waals surface area contributed by atoms with Gasteiger partial charge in [0, 0.05) is 17.3 Å². The number of aryl methyl sites for hydroxylation is 1. The molecule has 2 N–H and O–H groups in total. The van der Waals surface area contributed by atoms with E-state index in [1.54, 1.807) is 12.3 Å². The summed E-state index contributed by atoms with van der Waals surface area (Å²) in [5.74, 6) is -0.387. The van der Waals surface area contributed by atoms with Gasteiger partial charge >= 0.3 is 0 Å². The third-order valence-electron chi connectivity index (χ3n) is 2.53. The van der Waals surface area contributed by atoms with E-state index in [1.165, 1.54) is 29.2 Å². The highest BCUT2D eigenvalue weighted by molar-refractivity contribution is 8.01. The Labute approximate surface area is 116 Å². The minimum atomic E-state index is -0.387. The monoisotopic (exact) mass is 292 g/mol. The number of anilines is 1. The summed E-state index contributed by atoms with van der Waals surface area (Å²) >= 11 is 2.64. The lowest BCUT2D eigenvalue weighted by Crippen LogP contribution is -1.94. The van der Waals surface area contributed by atoms with Crippen molar-refractivity contribution in [1.82, 2.24) is 15.2 Å². The van der Waals surface area contributed by atoms with Crippen LogP contribution in [-0.4, -0.2) is 15.2 Å². The summed E-state index contributed by atoms with van der Waals surface area (Å²) in [6, 6.07) is 4.92. The highest BCUT2D eigenvalue weighted by Crippen LogP contribution is 2.37. The third kappa shape index (κ3) is 2.26. The summed E-state index contributed by atoms with van der Waals surface area (Å²) in [5, 5.41) is 9.49. The van der Waals surface area contributed by atoms with Crippen molar-refractivity contribution in [2.24, 2.45) is 0 Å². The maximum absolute atomic E-state index is 14.1. The molecule has 2 aromatic heterocycles. The van der Waals surface area contributed by atoms with Gasteiger partial charge in [0.25, 0.3) is 0 Å². The molecule has 0 fully saturated rings. The molecule has 96 valence electrons. The molecule has 7 heteroatoms. The van der Waals surface area contributed by atoms with Crippen molar-refractivity contribution >= 4 is 39.7 Å². The normalized spacial score (nSPS) is 11.1. The van der Waals surface area contributed by atoms with E-state index in [2.05, 4.69) is 15.2 Å². The van der Waals surface area contributed by atoms with E-state index in [9.17, 15) is 4.39 Å². The summed E-state index contributed by atoms with van der Waals surface area (Å²) in [6.45, 7) is 1.86. The molecule has 19 heavy (non-hydrogen) atoms. The zero-order valence-electron chi connectivity index (χ0n) is 9.92. The molecular formula is C12H9FN4S2. The molecule has 0 saturated carbocycles. The molecule has 0 aliphatic heterocycles. The zero-order chi connectivity index (χ0) is 13.4. The molecule has 3 aromatic rings. The van der Waals surface area contributed by atoms with Gasteiger partial charge in [-0.2, -0.15) is 0 Å². The smallest absolute Gasteiger partial charge is 0.179 e. The van der Waals surface area contributed by atoms with Crippen LogP contribution in [0.4, 0.5) is 10.1 Å². The largest absolute Gasteiger partial charge is 0.398 e. The first kappa shape index (κ1) is 12.3. The molecule has 3 rings (SSSR count). The fraction of sp³-hybridized carbons (Fsp3) is 0.0833. The number of hydrogen-bond donors (Lipinski definition) is 1. The first-order chi connectivity index (χ1) is 9.15. The molecule has 0 unspecified atom stereocenters. The second-order valence-corrected chi connectivity index (χ2v) is 6.30. The van der Waals surface area contributed by atoms with Gasteiger partial charge in [-0.1, -0.05) is 23.1 Å². The summed E-state index contributed by atoms with van der Waals surface area (Å²) < 4.78 is 14.8. The number of aromatic nitrogens is 3. The standard InChI is InChI=1S/C12H9FN4S2/c1-6-16-17-12(18-6)19-11-8(13)5-9(14)7-3-2-4-15-10(7)11/h2-5H,14H2,1H3. The molecule has 0 saturated heterocycles. The SMILES string of the molecule is Cc1nnc(Sc2c(F)cc(N)c3cccnc23)s1. The molecule has 0 atom stereocenters. The van der Waals surface area contributed by atoms with E-state index in [0.29, 0.717) is 20.4 Å². The minimum absolute atomic E-state index is 0.387. The van der Waals surface area contributed by atoms with Crippen molar-refractivity contribution in [3.8, 4) is 0 Å². The van der Waals surface area contributed by atoms with E-state index in [1.807, 2.05) is 13.0 Å². The lowest BCUT2D eigenvalue weighted by Gasteiger charge is -2.07. The van der Waals surface area contributed by atoms with Crippen LogP contribution in [0, 0.1) is 12.7 Å². The van der Waals surface area contributed by atoms with Crippen LogP contribution < -0.4 is 5.73 Å². The summed E-state index contributed by atoms with van der Waals surface area (Å²) in [5.41, 5.74) is 6.75. The Morgan fingerprint density at radius 2 is 2.21 bits per heavy atom. The van der Waals surface area contributed by atoms with Crippen LogP contribution in [0.3, 0.4) is 0 Å². The first-order valence-corrected chi connectivity index (χ1v) is 7.09. The number of nitrogens with zero attached hydrogens (tertiary/aromatic N) is 3. The number of fused-ring (bicyclic) bond motifs is 1. The van der Waals surface area contributed by atoms with Crippen LogP contribution in [0.1, 0.15) is 5.01 Å². The van der Waals surface area contributed by atoms with Crippen LogP contribution >= 0.6 is 23.1 Å². The molecule has 1 aromatic carbocycles. The Morgan fingerprint density at radius 1 is 1.37 bits per heavy atom. The Bertz CT molecular complexity index is 757. The molecule has 0 aliphatic rings. The maximum atomic E-state index is 14.1. The van der Waals surface area contributed by atoms with Crippen molar-refractivity contribution in [1.29, 1.82) is 0 Å². The number of benzene rings is 1. The van der Waals surface area contributed by atoms with Crippen LogP contribution in [0.15, 0.2) is 33.6 Å². The van der Waals surface area contributed by atoms with Gasteiger partial charge in [-0.05, 0) is 25.1 Å². The number of pyridine rings is 1. The van der Waals surface area contributed by atoms with Gasteiger partial charge in [0.15, 0.2) is 4.34 Å². The van der Waals surface area contributed by atoms with E-state index >= 15 is 0 Å². The molecule has 2 heterocycles.